The van der Waals surface area contributed by atoms with E-state index in [1.54, 1.807) is 12.3 Å². The fraction of sp³-hybridized carbons (Fsp3) is 0.250. The molecule has 0 bridgehead atoms. The van der Waals surface area contributed by atoms with Crippen LogP contribution in [0, 0.1) is 6.92 Å². The Morgan fingerprint density at radius 2 is 2.04 bits per heavy atom. The van der Waals surface area contributed by atoms with Gasteiger partial charge < -0.3 is 10.2 Å². The molecule has 5 heteroatoms. The van der Waals surface area contributed by atoms with Gasteiger partial charge in [-0.1, -0.05) is 24.3 Å². The van der Waals surface area contributed by atoms with Gasteiger partial charge in [0.15, 0.2) is 0 Å². The molecule has 1 amide bonds. The maximum absolute atomic E-state index is 12.5. The van der Waals surface area contributed by atoms with Crippen molar-refractivity contribution in [2.24, 2.45) is 0 Å². The fourth-order valence-electron chi connectivity index (χ4n) is 3.27. The highest BCUT2D eigenvalue weighted by Crippen LogP contribution is 2.22. The zero-order valence-corrected chi connectivity index (χ0v) is 14.1. The number of aryl methyl sites for hydroxylation is 1. The third kappa shape index (κ3) is 3.18. The predicted octanol–water partition coefficient (Wildman–Crippen LogP) is 3.26. The van der Waals surface area contributed by atoms with Crippen molar-refractivity contribution in [2.45, 2.75) is 19.4 Å². The minimum atomic E-state index is -0.00640. The van der Waals surface area contributed by atoms with Crippen LogP contribution in [0.2, 0.25) is 0 Å². The van der Waals surface area contributed by atoms with Crippen LogP contribution < -0.4 is 5.32 Å². The molecule has 0 saturated carbocycles. The van der Waals surface area contributed by atoms with Crippen LogP contribution in [0.1, 0.15) is 22.5 Å². The van der Waals surface area contributed by atoms with Crippen LogP contribution in [0.5, 0.6) is 0 Å². The molecule has 4 rings (SSSR count). The van der Waals surface area contributed by atoms with Gasteiger partial charge in [0.2, 0.25) is 0 Å². The summed E-state index contributed by atoms with van der Waals surface area (Å²) in [5.41, 5.74) is 2.60. The predicted molar refractivity (Wildman–Crippen MR) is 98.6 cm³/mol. The van der Waals surface area contributed by atoms with Crippen molar-refractivity contribution < 1.29 is 4.79 Å². The van der Waals surface area contributed by atoms with E-state index in [0.717, 1.165) is 35.2 Å². The summed E-state index contributed by atoms with van der Waals surface area (Å²) in [6.07, 6.45) is 2.56. The molecule has 1 aromatic carbocycles. The number of carbonyl (C=O) groups excluding carboxylic acids is 1. The number of fused-ring (bicyclic) bond motifs is 1. The number of benzene rings is 1. The van der Waals surface area contributed by atoms with E-state index in [1.807, 2.05) is 35.2 Å². The number of hydrogen-bond acceptors (Lipinski definition) is 4. The molecule has 3 heterocycles. The molecule has 1 fully saturated rings. The van der Waals surface area contributed by atoms with Crippen molar-refractivity contribution >= 4 is 22.6 Å². The summed E-state index contributed by atoms with van der Waals surface area (Å²) in [4.78, 5) is 23.3. The quantitative estimate of drug-likeness (QED) is 0.800. The van der Waals surface area contributed by atoms with Crippen molar-refractivity contribution in [3.63, 3.8) is 0 Å². The molecular weight excluding hydrogens is 312 g/mol. The smallest absolute Gasteiger partial charge is 0.272 e. The van der Waals surface area contributed by atoms with Gasteiger partial charge in [0.05, 0.1) is 5.52 Å². The van der Waals surface area contributed by atoms with Crippen LogP contribution in [-0.4, -0.2) is 39.9 Å². The monoisotopic (exact) mass is 332 g/mol. The Balaban J connectivity index is 1.48. The molecule has 1 unspecified atom stereocenters. The first kappa shape index (κ1) is 15.6. The molecule has 25 heavy (non-hydrogen) atoms. The third-order valence-electron chi connectivity index (χ3n) is 4.61. The first-order chi connectivity index (χ1) is 12.2. The molecule has 1 atom stereocenters. The van der Waals surface area contributed by atoms with Gasteiger partial charge in [0.1, 0.15) is 11.5 Å². The summed E-state index contributed by atoms with van der Waals surface area (Å²) in [7, 11) is 0. The van der Waals surface area contributed by atoms with Gasteiger partial charge in [-0.15, -0.1) is 0 Å². The molecule has 2 aromatic heterocycles. The summed E-state index contributed by atoms with van der Waals surface area (Å²) in [5.74, 6) is 0.893. The van der Waals surface area contributed by atoms with Crippen molar-refractivity contribution in [1.82, 2.24) is 14.9 Å². The van der Waals surface area contributed by atoms with E-state index < -0.39 is 0 Å². The second-order valence-corrected chi connectivity index (χ2v) is 6.44. The zero-order chi connectivity index (χ0) is 17.2. The largest absolute Gasteiger partial charge is 0.365 e. The topological polar surface area (TPSA) is 58.1 Å². The summed E-state index contributed by atoms with van der Waals surface area (Å²) in [6.45, 7) is 3.47. The van der Waals surface area contributed by atoms with E-state index in [1.165, 1.54) is 0 Å². The van der Waals surface area contributed by atoms with Crippen molar-refractivity contribution in [1.29, 1.82) is 0 Å². The number of nitrogens with zero attached hydrogens (tertiary/aromatic N) is 3. The van der Waals surface area contributed by atoms with Gasteiger partial charge in [0, 0.05) is 30.7 Å². The lowest BCUT2D eigenvalue weighted by atomic mass is 10.1. The van der Waals surface area contributed by atoms with Crippen LogP contribution in [0.3, 0.4) is 0 Å². The first-order valence-electron chi connectivity index (χ1n) is 8.54. The van der Waals surface area contributed by atoms with Crippen molar-refractivity contribution in [3.05, 3.63) is 66.0 Å². The third-order valence-corrected chi connectivity index (χ3v) is 4.61. The van der Waals surface area contributed by atoms with Gasteiger partial charge in [-0.2, -0.15) is 0 Å². The summed E-state index contributed by atoms with van der Waals surface area (Å²) >= 11 is 0. The van der Waals surface area contributed by atoms with E-state index in [9.17, 15) is 4.79 Å². The Labute approximate surface area is 146 Å². The van der Waals surface area contributed by atoms with E-state index in [2.05, 4.69) is 29.4 Å². The van der Waals surface area contributed by atoms with Gasteiger partial charge in [-0.25, -0.2) is 4.98 Å². The van der Waals surface area contributed by atoms with Crippen LogP contribution in [0.25, 0.3) is 10.9 Å². The van der Waals surface area contributed by atoms with E-state index in [0.29, 0.717) is 12.2 Å². The zero-order valence-electron chi connectivity index (χ0n) is 14.1. The molecule has 1 N–H and O–H groups in total. The Hall–Kier alpha value is -2.95. The van der Waals surface area contributed by atoms with Gasteiger partial charge in [0.25, 0.3) is 5.91 Å². The van der Waals surface area contributed by atoms with Crippen LogP contribution in [0.15, 0.2) is 54.7 Å². The lowest BCUT2D eigenvalue weighted by molar-refractivity contribution is 0.0786. The summed E-state index contributed by atoms with van der Waals surface area (Å²) in [6, 6.07) is 15.9. The van der Waals surface area contributed by atoms with Crippen LogP contribution in [-0.2, 0) is 0 Å². The molecule has 0 aliphatic carbocycles. The number of likely N-dealkylation sites (tertiary alicyclic amines) is 1. The normalized spacial score (nSPS) is 17.0. The molecule has 1 saturated heterocycles. The van der Waals surface area contributed by atoms with Gasteiger partial charge >= 0.3 is 0 Å². The number of hydrogen-bond donors (Lipinski definition) is 1. The molecule has 0 radical (unpaired) electrons. The van der Waals surface area contributed by atoms with Crippen LogP contribution in [0.4, 0.5) is 5.82 Å². The second kappa shape index (κ2) is 6.51. The minimum absolute atomic E-state index is 0.00640. The SMILES string of the molecule is Cc1cc2ccccc2nc1NC1CCN(C(=O)c2ccccn2)C1. The maximum Gasteiger partial charge on any atom is 0.272 e. The molecule has 5 nitrogen and oxygen atoms in total. The lowest BCUT2D eigenvalue weighted by Gasteiger charge is -2.18. The lowest BCUT2D eigenvalue weighted by Crippen LogP contribution is -2.32. The Morgan fingerprint density at radius 3 is 2.88 bits per heavy atom. The van der Waals surface area contributed by atoms with E-state index in [4.69, 9.17) is 4.98 Å². The second-order valence-electron chi connectivity index (χ2n) is 6.44. The highest BCUT2D eigenvalue weighted by molar-refractivity contribution is 5.92. The number of nitrogens with one attached hydrogen (secondary N) is 1. The number of carbonyl (C=O) groups is 1. The molecule has 0 spiro atoms. The number of pyridine rings is 2. The summed E-state index contributed by atoms with van der Waals surface area (Å²) < 4.78 is 0. The minimum Gasteiger partial charge on any atom is -0.365 e. The molecular formula is C20H20N4O. The Bertz CT molecular complexity index is 910. The van der Waals surface area contributed by atoms with Crippen LogP contribution >= 0.6 is 0 Å². The number of para-hydroxylation sites is 1. The first-order valence-corrected chi connectivity index (χ1v) is 8.54. The molecule has 1 aliphatic rings. The summed E-state index contributed by atoms with van der Waals surface area (Å²) in [5, 5.41) is 4.65. The average molecular weight is 332 g/mol. The number of anilines is 1. The maximum atomic E-state index is 12.5. The van der Waals surface area contributed by atoms with E-state index in [-0.39, 0.29) is 11.9 Å². The number of aromatic nitrogens is 2. The molecule has 126 valence electrons. The standard InChI is InChI=1S/C20H20N4O/c1-14-12-15-6-2-3-7-17(15)23-19(14)22-16-9-11-24(13-16)20(25)18-8-4-5-10-21-18/h2-8,10,12,16H,9,11,13H2,1H3,(H,22,23). The molecule has 3 aromatic rings. The van der Waals surface area contributed by atoms with Gasteiger partial charge in [-0.3, -0.25) is 9.78 Å². The highest BCUT2D eigenvalue weighted by Gasteiger charge is 2.27. The van der Waals surface area contributed by atoms with Gasteiger partial charge in [-0.05, 0) is 43.2 Å². The van der Waals surface area contributed by atoms with E-state index >= 15 is 0 Å². The average Bonchev–Trinajstić information content (AvgIpc) is 3.11. The highest BCUT2D eigenvalue weighted by atomic mass is 16.2. The van der Waals surface area contributed by atoms with Crippen molar-refractivity contribution in [2.75, 3.05) is 18.4 Å². The Kier molecular flexibility index (Phi) is 4.06. The van der Waals surface area contributed by atoms with Crippen molar-refractivity contribution in [3.8, 4) is 0 Å². The number of rotatable bonds is 3. The molecule has 1 aliphatic heterocycles. The Morgan fingerprint density at radius 1 is 1.20 bits per heavy atom. The number of amides is 1. The fourth-order valence-corrected chi connectivity index (χ4v) is 3.27.